The third-order valence-corrected chi connectivity index (χ3v) is 22.2. The molecule has 5 fully saturated rings. The van der Waals surface area contributed by atoms with Crippen LogP contribution in [0.5, 0.6) is 0 Å². The lowest BCUT2D eigenvalue weighted by Gasteiger charge is -2.63. The molecule has 7 rings (SSSR count). The number of carbonyl (C=O) groups is 3. The Morgan fingerprint density at radius 1 is 0.937 bits per heavy atom. The number of amides is 2. The summed E-state index contributed by atoms with van der Waals surface area (Å²) in [5.74, 6) is 0.168. The Morgan fingerprint density at radius 3 is 2.35 bits per heavy atom. The molecule has 2 amide bonds. The van der Waals surface area contributed by atoms with Crippen LogP contribution in [0.15, 0.2) is 12.7 Å². The number of hydrogen-bond donors (Lipinski definition) is 12. The molecule has 9 unspecified atom stereocenters. The van der Waals surface area contributed by atoms with E-state index in [0.29, 0.717) is 30.4 Å². The van der Waals surface area contributed by atoms with Crippen LogP contribution < -0.4 is 16.4 Å². The van der Waals surface area contributed by atoms with Crippen LogP contribution >= 0.6 is 35.2 Å². The number of nitrogen functional groups attached to an aromatic ring is 1. The van der Waals surface area contributed by atoms with Crippen molar-refractivity contribution in [1.82, 2.24) is 30.2 Å². The molecule has 448 valence electrons. The van der Waals surface area contributed by atoms with Crippen molar-refractivity contribution < 1.29 is 95.8 Å². The third-order valence-electron chi connectivity index (χ3n) is 18.0. The number of phosphoric acid groups is 3. The van der Waals surface area contributed by atoms with Gasteiger partial charge in [-0.05, 0) is 97.7 Å². The van der Waals surface area contributed by atoms with E-state index in [1.54, 1.807) is 0 Å². The zero-order valence-electron chi connectivity index (χ0n) is 45.3. The quantitative estimate of drug-likeness (QED) is 0.0502. The molecule has 5 aliphatic rings. The molecule has 79 heavy (non-hydrogen) atoms. The number of imidazole rings is 1. The maximum Gasteiger partial charge on any atom is 0.481 e. The van der Waals surface area contributed by atoms with E-state index in [0.717, 1.165) is 80.4 Å². The number of nitrogens with two attached hydrogens (primary N) is 1. The Balaban J connectivity index is 0.770. The SMILES string of the molecule is CC(CCC[C@@H](C)C1CCC2C3C(O)C[C@@H]4C[C@H](O)CC[C@]4(C)C3C[C@H](O)[C@@]21C)C(=O)SCCNC(=O)CCNC(=O)C(O)C(C)(C)COP(=O)(O)OP(=O)(O)OC[C@H]1O[C@@H](n2cnc3c(N)ncnc32)[C@H](O)[C@@H]1OP(=O)(O)O. The van der Waals surface area contributed by atoms with Gasteiger partial charge in [0.15, 0.2) is 22.8 Å². The molecule has 0 aromatic carbocycles. The van der Waals surface area contributed by atoms with E-state index in [9.17, 15) is 73.2 Å². The summed E-state index contributed by atoms with van der Waals surface area (Å²) in [5.41, 5.74) is 3.98. The number of fused-ring (bicyclic) bond motifs is 6. The molecule has 19 atom stereocenters. The maximum atomic E-state index is 13.1. The molecule has 3 heterocycles. The average Bonchev–Trinajstić information content (AvgIpc) is 3.87. The highest BCUT2D eigenvalue weighted by Crippen LogP contribution is 2.69. The maximum absolute atomic E-state index is 13.1. The Hall–Kier alpha value is -2.56. The molecule has 1 saturated heterocycles. The van der Waals surface area contributed by atoms with Gasteiger partial charge in [-0.25, -0.2) is 28.6 Å². The molecule has 27 nitrogen and oxygen atoms in total. The normalized spacial score (nSPS) is 34.6. The number of aliphatic hydroxyl groups is 5. The molecule has 0 bridgehead atoms. The summed E-state index contributed by atoms with van der Waals surface area (Å²) in [6.07, 6.45) is 0.0812. The molecular weight excluding hydrogens is 1120 g/mol. The van der Waals surface area contributed by atoms with Crippen LogP contribution in [-0.2, 0) is 50.7 Å². The highest BCUT2D eigenvalue weighted by Gasteiger charge is 2.66. The summed E-state index contributed by atoms with van der Waals surface area (Å²) in [5, 5.41) is 60.8. The van der Waals surface area contributed by atoms with Crippen molar-refractivity contribution in [3.63, 3.8) is 0 Å². The number of nitrogens with zero attached hydrogens (tertiary/aromatic N) is 4. The average molecular weight is 1200 g/mol. The smallest absolute Gasteiger partial charge is 0.393 e. The minimum absolute atomic E-state index is 0.00814. The van der Waals surface area contributed by atoms with Crippen LogP contribution in [0.4, 0.5) is 5.82 Å². The number of thioether (sulfide) groups is 1. The molecular formula is C48H80N7O20P3S. The van der Waals surface area contributed by atoms with Crippen molar-refractivity contribution in [3.8, 4) is 0 Å². The lowest BCUT2D eigenvalue weighted by Crippen LogP contribution is -2.62. The number of hydrogen-bond acceptors (Lipinski definition) is 21. The summed E-state index contributed by atoms with van der Waals surface area (Å²) in [6, 6.07) is 0. The lowest BCUT2D eigenvalue weighted by molar-refractivity contribution is -0.207. The number of aliphatic hydroxyl groups excluding tert-OH is 5. The lowest BCUT2D eigenvalue weighted by atomic mass is 9.43. The van der Waals surface area contributed by atoms with Gasteiger partial charge < -0.3 is 66.2 Å². The van der Waals surface area contributed by atoms with Crippen LogP contribution in [0.3, 0.4) is 0 Å². The first-order valence-electron chi connectivity index (χ1n) is 26.9. The summed E-state index contributed by atoms with van der Waals surface area (Å²) in [4.78, 5) is 89.9. The van der Waals surface area contributed by atoms with E-state index in [1.165, 1.54) is 13.8 Å². The Labute approximate surface area is 462 Å². The van der Waals surface area contributed by atoms with Gasteiger partial charge in [0.25, 0.3) is 0 Å². The zero-order chi connectivity index (χ0) is 58.2. The number of nitrogens with one attached hydrogen (secondary N) is 2. The fourth-order valence-corrected chi connectivity index (χ4v) is 17.3. The first kappa shape index (κ1) is 64.0. The van der Waals surface area contributed by atoms with Crippen molar-refractivity contribution in [1.29, 1.82) is 0 Å². The minimum Gasteiger partial charge on any atom is -0.393 e. The van der Waals surface area contributed by atoms with Crippen LogP contribution in [-0.4, -0.2) is 156 Å². The standard InChI is InChI=1S/C48H80N7O20P3S/c1-25(29-10-11-30-36-31(20-34(58)48(29,30)6)47(5)14-12-28(56)18-27(47)19-32(36)57)8-7-9-26(2)45(63)79-17-16-50-35(59)13-15-51-43(62)40(61)46(3,4)22-72-78(69,70)75-77(67,68)71-21-33-39(74-76(64,65)66)38(60)44(73-33)55-24-54-37-41(49)52-23-53-42(37)55/h23-34,36,38-40,44,56-58,60-61H,7-22H2,1-6H3,(H,50,59)(H,51,62)(H,67,68)(H,69,70)(H2,49,52,53)(H2,64,65,66)/t25-,26?,27+,28-,29?,30?,31?,32?,33-,34+,36?,38-,39-,40?,44-,47+,48-/m1/s1. The Morgan fingerprint density at radius 2 is 1.65 bits per heavy atom. The van der Waals surface area contributed by atoms with Crippen molar-refractivity contribution in [2.45, 2.75) is 161 Å². The van der Waals surface area contributed by atoms with Crippen LogP contribution in [0, 0.1) is 57.7 Å². The number of aromatic nitrogens is 4. The fraction of sp³-hybridized carbons (Fsp3) is 0.833. The molecule has 0 radical (unpaired) electrons. The second-order valence-electron chi connectivity index (χ2n) is 23.6. The topological polar surface area (TPSA) is 424 Å². The highest BCUT2D eigenvalue weighted by molar-refractivity contribution is 8.13. The number of anilines is 1. The Kier molecular flexibility index (Phi) is 20.5. The fourth-order valence-electron chi connectivity index (χ4n) is 13.6. The summed E-state index contributed by atoms with van der Waals surface area (Å²) < 4.78 is 62.8. The third kappa shape index (κ3) is 14.7. The number of ether oxygens (including phenoxy) is 1. The van der Waals surface area contributed by atoms with Gasteiger partial charge in [-0.1, -0.05) is 66.1 Å². The van der Waals surface area contributed by atoms with E-state index in [4.69, 9.17) is 19.5 Å². The van der Waals surface area contributed by atoms with Gasteiger partial charge in [0, 0.05) is 36.6 Å². The van der Waals surface area contributed by atoms with Gasteiger partial charge in [0.05, 0.1) is 37.9 Å². The van der Waals surface area contributed by atoms with Gasteiger partial charge in [0.2, 0.25) is 11.8 Å². The van der Waals surface area contributed by atoms with E-state index in [1.807, 2.05) is 6.92 Å². The molecule has 4 saturated carbocycles. The van der Waals surface area contributed by atoms with Crippen molar-refractivity contribution in [2.75, 3.05) is 37.8 Å². The molecule has 2 aromatic rings. The van der Waals surface area contributed by atoms with E-state index in [2.05, 4.69) is 55.2 Å². The summed E-state index contributed by atoms with van der Waals surface area (Å²) >= 11 is 1.12. The largest absolute Gasteiger partial charge is 0.481 e. The number of phosphoric ester groups is 3. The molecule has 1 aliphatic heterocycles. The predicted molar refractivity (Wildman–Crippen MR) is 283 cm³/mol. The summed E-state index contributed by atoms with van der Waals surface area (Å²) in [6.45, 7) is 9.17. The first-order chi connectivity index (χ1) is 36.8. The van der Waals surface area contributed by atoms with E-state index < -0.39 is 96.8 Å². The number of rotatable bonds is 25. The van der Waals surface area contributed by atoms with Crippen LogP contribution in [0.1, 0.15) is 118 Å². The molecule has 2 aromatic heterocycles. The number of carbonyl (C=O) groups excluding carboxylic acids is 3. The second-order valence-corrected chi connectivity index (χ2v) is 28.9. The van der Waals surface area contributed by atoms with Gasteiger partial charge in [-0.3, -0.25) is 32.5 Å². The summed E-state index contributed by atoms with van der Waals surface area (Å²) in [7, 11) is -16.5. The van der Waals surface area contributed by atoms with Gasteiger partial charge in [-0.15, -0.1) is 0 Å². The zero-order valence-corrected chi connectivity index (χ0v) is 48.8. The predicted octanol–water partition coefficient (Wildman–Crippen LogP) is 3.07. The van der Waals surface area contributed by atoms with Gasteiger partial charge >= 0.3 is 23.5 Å². The van der Waals surface area contributed by atoms with Gasteiger partial charge in [-0.2, -0.15) is 4.31 Å². The minimum atomic E-state index is -5.60. The van der Waals surface area contributed by atoms with E-state index in [-0.39, 0.29) is 88.1 Å². The molecule has 13 N–H and O–H groups in total. The molecule has 31 heteroatoms. The van der Waals surface area contributed by atoms with Crippen LogP contribution in [0.25, 0.3) is 11.2 Å². The first-order valence-corrected chi connectivity index (χ1v) is 32.4. The van der Waals surface area contributed by atoms with Gasteiger partial charge in [0.1, 0.15) is 36.3 Å². The van der Waals surface area contributed by atoms with Crippen molar-refractivity contribution in [2.24, 2.45) is 57.7 Å². The van der Waals surface area contributed by atoms with E-state index >= 15 is 0 Å². The van der Waals surface area contributed by atoms with Crippen LogP contribution in [0.2, 0.25) is 0 Å². The van der Waals surface area contributed by atoms with Crippen molar-refractivity contribution >= 4 is 69.1 Å². The molecule has 4 aliphatic carbocycles. The Bertz CT molecular complexity index is 2640. The second kappa shape index (κ2) is 25.3. The van der Waals surface area contributed by atoms with Crippen molar-refractivity contribution in [3.05, 3.63) is 12.7 Å². The molecule has 0 spiro atoms. The highest BCUT2D eigenvalue weighted by atomic mass is 32.2. The monoisotopic (exact) mass is 1200 g/mol.